The number of anilines is 1. The number of aromatic nitrogens is 2. The predicted molar refractivity (Wildman–Crippen MR) is 118 cm³/mol. The third-order valence-corrected chi connectivity index (χ3v) is 5.27. The van der Waals surface area contributed by atoms with Gasteiger partial charge in [-0.05, 0) is 37.5 Å². The number of hydrogen-bond acceptors (Lipinski definition) is 4. The number of nitrogens with one attached hydrogen (secondary N) is 2. The molecule has 31 heavy (non-hydrogen) atoms. The molecule has 4 rings (SSSR count). The highest BCUT2D eigenvalue weighted by molar-refractivity contribution is 5.98. The number of para-hydroxylation sites is 1. The first-order valence-electron chi connectivity index (χ1n) is 10.5. The smallest absolute Gasteiger partial charge is 0.253 e. The molecule has 1 saturated heterocycles. The van der Waals surface area contributed by atoms with Gasteiger partial charge in [-0.1, -0.05) is 42.0 Å². The number of carbonyl (C=O) groups is 2. The summed E-state index contributed by atoms with van der Waals surface area (Å²) in [4.78, 5) is 25.3. The molecule has 7 nitrogen and oxygen atoms in total. The molecular weight excluding hydrogens is 392 g/mol. The molecule has 1 fully saturated rings. The Bertz CT molecular complexity index is 1070. The SMILES string of the molecule is Cc1cccc(CC(=O)Nc2cnn(-c3ccccc3C(=O)NC3CCOCC3)c2)c1. The molecule has 0 atom stereocenters. The van der Waals surface area contributed by atoms with Crippen LogP contribution in [0.5, 0.6) is 0 Å². The Labute approximate surface area is 181 Å². The first kappa shape index (κ1) is 20.8. The fourth-order valence-electron chi connectivity index (χ4n) is 3.70. The van der Waals surface area contributed by atoms with Gasteiger partial charge in [0.2, 0.25) is 5.91 Å². The van der Waals surface area contributed by atoms with Crippen LogP contribution in [-0.4, -0.2) is 40.9 Å². The first-order valence-corrected chi connectivity index (χ1v) is 10.5. The highest BCUT2D eigenvalue weighted by Crippen LogP contribution is 2.18. The lowest BCUT2D eigenvalue weighted by molar-refractivity contribution is -0.115. The van der Waals surface area contributed by atoms with E-state index in [0.29, 0.717) is 30.2 Å². The Morgan fingerprint density at radius 1 is 1.13 bits per heavy atom. The van der Waals surface area contributed by atoms with Crippen molar-refractivity contribution in [3.05, 3.63) is 77.6 Å². The van der Waals surface area contributed by atoms with E-state index in [-0.39, 0.29) is 24.3 Å². The van der Waals surface area contributed by atoms with Crippen molar-refractivity contribution >= 4 is 17.5 Å². The quantitative estimate of drug-likeness (QED) is 0.643. The number of ether oxygens (including phenoxy) is 1. The van der Waals surface area contributed by atoms with Crippen molar-refractivity contribution in [2.24, 2.45) is 0 Å². The molecule has 1 aromatic heterocycles. The summed E-state index contributed by atoms with van der Waals surface area (Å²) < 4.78 is 6.97. The van der Waals surface area contributed by atoms with Crippen LogP contribution in [0.15, 0.2) is 60.9 Å². The van der Waals surface area contributed by atoms with Crippen LogP contribution in [0.1, 0.15) is 34.3 Å². The van der Waals surface area contributed by atoms with Crippen LogP contribution in [0, 0.1) is 6.92 Å². The predicted octanol–water partition coefficient (Wildman–Crippen LogP) is 3.27. The second-order valence-electron chi connectivity index (χ2n) is 7.76. The highest BCUT2D eigenvalue weighted by atomic mass is 16.5. The van der Waals surface area contributed by atoms with Crippen LogP contribution in [0.25, 0.3) is 5.69 Å². The number of rotatable bonds is 6. The monoisotopic (exact) mass is 418 g/mol. The van der Waals surface area contributed by atoms with Crippen LogP contribution in [-0.2, 0) is 16.0 Å². The van der Waals surface area contributed by atoms with Gasteiger partial charge in [-0.3, -0.25) is 9.59 Å². The molecule has 2 aromatic carbocycles. The summed E-state index contributed by atoms with van der Waals surface area (Å²) in [7, 11) is 0. The van der Waals surface area contributed by atoms with Crippen molar-refractivity contribution in [1.82, 2.24) is 15.1 Å². The van der Waals surface area contributed by atoms with E-state index in [4.69, 9.17) is 4.74 Å². The van der Waals surface area contributed by atoms with Gasteiger partial charge >= 0.3 is 0 Å². The topological polar surface area (TPSA) is 85.2 Å². The van der Waals surface area contributed by atoms with Crippen LogP contribution in [0.3, 0.4) is 0 Å². The Kier molecular flexibility index (Phi) is 6.43. The molecule has 0 spiro atoms. The van der Waals surface area contributed by atoms with Crippen molar-refractivity contribution in [2.45, 2.75) is 32.2 Å². The number of amides is 2. The summed E-state index contributed by atoms with van der Waals surface area (Å²) in [5.41, 5.74) is 3.85. The fraction of sp³-hybridized carbons (Fsp3) is 0.292. The molecule has 0 aliphatic carbocycles. The average molecular weight is 418 g/mol. The van der Waals surface area contributed by atoms with Gasteiger partial charge in [-0.2, -0.15) is 5.10 Å². The van der Waals surface area contributed by atoms with Gasteiger partial charge in [0.05, 0.1) is 35.8 Å². The lowest BCUT2D eigenvalue weighted by Crippen LogP contribution is -2.39. The average Bonchev–Trinajstić information content (AvgIpc) is 3.22. The van der Waals surface area contributed by atoms with Crippen LogP contribution in [0.4, 0.5) is 5.69 Å². The summed E-state index contributed by atoms with van der Waals surface area (Å²) >= 11 is 0. The van der Waals surface area contributed by atoms with E-state index >= 15 is 0 Å². The van der Waals surface area contributed by atoms with E-state index in [2.05, 4.69) is 15.7 Å². The number of benzene rings is 2. The molecule has 1 aliphatic rings. The maximum atomic E-state index is 12.9. The lowest BCUT2D eigenvalue weighted by atomic mass is 10.1. The van der Waals surface area contributed by atoms with Gasteiger partial charge in [-0.25, -0.2) is 4.68 Å². The minimum absolute atomic E-state index is 0.114. The molecule has 0 unspecified atom stereocenters. The molecule has 1 aliphatic heterocycles. The summed E-state index contributed by atoms with van der Waals surface area (Å²) in [6.45, 7) is 3.33. The van der Waals surface area contributed by atoms with Gasteiger partial charge in [0.1, 0.15) is 0 Å². The van der Waals surface area contributed by atoms with Gasteiger partial charge in [-0.15, -0.1) is 0 Å². The van der Waals surface area contributed by atoms with E-state index in [9.17, 15) is 9.59 Å². The minimum atomic E-state index is -0.136. The molecule has 3 aromatic rings. The second-order valence-corrected chi connectivity index (χ2v) is 7.76. The second kappa shape index (κ2) is 9.57. The van der Waals surface area contributed by atoms with E-state index < -0.39 is 0 Å². The largest absolute Gasteiger partial charge is 0.381 e. The lowest BCUT2D eigenvalue weighted by Gasteiger charge is -2.23. The van der Waals surface area contributed by atoms with E-state index in [1.165, 1.54) is 0 Å². The molecule has 2 heterocycles. The Morgan fingerprint density at radius 2 is 1.94 bits per heavy atom. The van der Waals surface area contributed by atoms with Crippen molar-refractivity contribution in [1.29, 1.82) is 0 Å². The summed E-state index contributed by atoms with van der Waals surface area (Å²) in [5, 5.41) is 10.3. The summed E-state index contributed by atoms with van der Waals surface area (Å²) in [5.74, 6) is -0.251. The summed E-state index contributed by atoms with van der Waals surface area (Å²) in [6, 6.07) is 15.3. The molecular formula is C24H26N4O3. The maximum Gasteiger partial charge on any atom is 0.253 e. The molecule has 2 N–H and O–H groups in total. The van der Waals surface area contributed by atoms with Crippen LogP contribution < -0.4 is 10.6 Å². The third-order valence-electron chi connectivity index (χ3n) is 5.27. The molecule has 160 valence electrons. The fourth-order valence-corrected chi connectivity index (χ4v) is 3.70. The standard InChI is InChI=1S/C24H26N4O3/c1-17-5-4-6-18(13-17)14-23(29)26-20-15-25-28(16-20)22-8-3-2-7-21(22)24(30)27-19-9-11-31-12-10-19/h2-8,13,15-16,19H,9-12,14H2,1H3,(H,26,29)(H,27,30). The third kappa shape index (κ3) is 5.38. The van der Waals surface area contributed by atoms with Crippen molar-refractivity contribution in [3.8, 4) is 5.69 Å². The molecule has 2 amide bonds. The van der Waals surface area contributed by atoms with Crippen molar-refractivity contribution in [2.75, 3.05) is 18.5 Å². The van der Waals surface area contributed by atoms with Crippen molar-refractivity contribution in [3.63, 3.8) is 0 Å². The number of nitrogens with zero attached hydrogens (tertiary/aromatic N) is 2. The molecule has 0 saturated carbocycles. The highest BCUT2D eigenvalue weighted by Gasteiger charge is 2.19. The molecule has 0 radical (unpaired) electrons. The van der Waals surface area contributed by atoms with Crippen molar-refractivity contribution < 1.29 is 14.3 Å². The normalized spacial score (nSPS) is 14.2. The van der Waals surface area contributed by atoms with Crippen LogP contribution in [0.2, 0.25) is 0 Å². The van der Waals surface area contributed by atoms with E-state index in [0.717, 1.165) is 24.0 Å². The van der Waals surface area contributed by atoms with Crippen LogP contribution >= 0.6 is 0 Å². The van der Waals surface area contributed by atoms with Gasteiger partial charge in [0, 0.05) is 19.3 Å². The minimum Gasteiger partial charge on any atom is -0.381 e. The number of aryl methyl sites for hydroxylation is 1. The first-order chi connectivity index (χ1) is 15.1. The van der Waals surface area contributed by atoms with Gasteiger partial charge in [0.15, 0.2) is 0 Å². The van der Waals surface area contributed by atoms with Gasteiger partial charge < -0.3 is 15.4 Å². The zero-order chi connectivity index (χ0) is 21.6. The number of carbonyl (C=O) groups excluding carboxylic acids is 2. The molecule has 0 bridgehead atoms. The summed E-state index contributed by atoms with van der Waals surface area (Å²) in [6.07, 6.45) is 5.21. The Hall–Kier alpha value is -3.45. The zero-order valence-electron chi connectivity index (χ0n) is 17.5. The molecule has 7 heteroatoms. The Morgan fingerprint density at radius 3 is 2.74 bits per heavy atom. The van der Waals surface area contributed by atoms with E-state index in [1.807, 2.05) is 49.4 Å². The maximum absolute atomic E-state index is 12.9. The van der Waals surface area contributed by atoms with E-state index in [1.54, 1.807) is 23.1 Å². The van der Waals surface area contributed by atoms with Gasteiger partial charge in [0.25, 0.3) is 5.91 Å². The Balaban J connectivity index is 1.45. The zero-order valence-corrected chi connectivity index (χ0v) is 17.5. The number of hydrogen-bond donors (Lipinski definition) is 2.